The molecular formula is C13H14N2S. The first kappa shape index (κ1) is 9.97. The average molecular weight is 230 g/mol. The van der Waals surface area contributed by atoms with Crippen LogP contribution >= 0.6 is 11.3 Å². The van der Waals surface area contributed by atoms with Gasteiger partial charge < -0.3 is 0 Å². The molecule has 1 aliphatic rings. The molecule has 82 valence electrons. The van der Waals surface area contributed by atoms with Gasteiger partial charge in [-0.3, -0.25) is 4.98 Å². The van der Waals surface area contributed by atoms with E-state index in [2.05, 4.69) is 18.0 Å². The number of aromatic nitrogens is 2. The molecule has 1 fully saturated rings. The minimum absolute atomic E-state index is 0.747. The molecule has 2 aromatic rings. The van der Waals surface area contributed by atoms with E-state index in [1.807, 2.05) is 23.6 Å². The lowest BCUT2D eigenvalue weighted by molar-refractivity contribution is 0.998. The van der Waals surface area contributed by atoms with Crippen LogP contribution in [0.1, 0.15) is 36.3 Å². The van der Waals surface area contributed by atoms with Gasteiger partial charge in [0.25, 0.3) is 0 Å². The van der Waals surface area contributed by atoms with Crippen LogP contribution in [0.2, 0.25) is 0 Å². The van der Waals surface area contributed by atoms with Crippen LogP contribution in [0.5, 0.6) is 0 Å². The Morgan fingerprint density at radius 2 is 2.31 bits per heavy atom. The van der Waals surface area contributed by atoms with Crippen molar-refractivity contribution < 1.29 is 0 Å². The number of hydrogen-bond donors (Lipinski definition) is 0. The second-order valence-electron chi connectivity index (χ2n) is 4.20. The van der Waals surface area contributed by atoms with E-state index >= 15 is 0 Å². The first-order valence-corrected chi connectivity index (χ1v) is 6.60. The van der Waals surface area contributed by atoms with E-state index in [1.165, 1.54) is 23.4 Å². The van der Waals surface area contributed by atoms with Crippen molar-refractivity contribution in [3.8, 4) is 10.6 Å². The van der Waals surface area contributed by atoms with Gasteiger partial charge in [-0.1, -0.05) is 6.92 Å². The summed E-state index contributed by atoms with van der Waals surface area (Å²) in [6, 6.07) is 4.06. The molecule has 0 spiro atoms. The third kappa shape index (κ3) is 1.76. The molecule has 3 heteroatoms. The van der Waals surface area contributed by atoms with Gasteiger partial charge in [-0.05, 0) is 31.4 Å². The van der Waals surface area contributed by atoms with E-state index in [1.54, 1.807) is 6.20 Å². The van der Waals surface area contributed by atoms with Crippen LogP contribution in [0, 0.1) is 0 Å². The van der Waals surface area contributed by atoms with Crippen molar-refractivity contribution in [2.75, 3.05) is 0 Å². The van der Waals surface area contributed by atoms with Crippen LogP contribution in [-0.4, -0.2) is 9.97 Å². The molecule has 0 atom stereocenters. The third-order valence-corrected chi connectivity index (χ3v) is 4.19. The summed E-state index contributed by atoms with van der Waals surface area (Å²) in [6.07, 6.45) is 7.45. The van der Waals surface area contributed by atoms with Crippen LogP contribution in [-0.2, 0) is 6.42 Å². The van der Waals surface area contributed by atoms with Crippen molar-refractivity contribution >= 4 is 11.3 Å². The van der Waals surface area contributed by atoms with Crippen LogP contribution in [0.3, 0.4) is 0 Å². The highest BCUT2D eigenvalue weighted by atomic mass is 32.1. The molecule has 1 saturated carbocycles. The molecule has 0 aromatic carbocycles. The van der Waals surface area contributed by atoms with Crippen molar-refractivity contribution in [3.05, 3.63) is 35.1 Å². The van der Waals surface area contributed by atoms with Gasteiger partial charge in [0.1, 0.15) is 5.01 Å². The van der Waals surface area contributed by atoms with Crippen LogP contribution < -0.4 is 0 Å². The van der Waals surface area contributed by atoms with Crippen molar-refractivity contribution in [2.45, 2.75) is 32.1 Å². The van der Waals surface area contributed by atoms with Gasteiger partial charge >= 0.3 is 0 Å². The molecule has 16 heavy (non-hydrogen) atoms. The second kappa shape index (κ2) is 3.98. The molecule has 0 bridgehead atoms. The lowest BCUT2D eigenvalue weighted by Gasteiger charge is -1.93. The van der Waals surface area contributed by atoms with E-state index in [9.17, 15) is 0 Å². The van der Waals surface area contributed by atoms with Crippen LogP contribution in [0.4, 0.5) is 0 Å². The van der Waals surface area contributed by atoms with E-state index in [0.717, 1.165) is 22.9 Å². The van der Waals surface area contributed by atoms with E-state index in [0.29, 0.717) is 0 Å². The maximum atomic E-state index is 4.79. The Bertz CT molecular complexity index is 486. The number of nitrogens with zero attached hydrogens (tertiary/aromatic N) is 2. The average Bonchev–Trinajstić information content (AvgIpc) is 3.10. The summed E-state index contributed by atoms with van der Waals surface area (Å²) in [5.74, 6) is 0.747. The zero-order valence-electron chi connectivity index (χ0n) is 9.31. The maximum Gasteiger partial charge on any atom is 0.125 e. The highest BCUT2D eigenvalue weighted by Gasteiger charge is 2.29. The molecule has 1 aliphatic carbocycles. The fourth-order valence-corrected chi connectivity index (χ4v) is 2.98. The zero-order chi connectivity index (χ0) is 11.0. The Hall–Kier alpha value is -1.22. The second-order valence-corrected chi connectivity index (χ2v) is 5.28. The minimum Gasteiger partial charge on any atom is -0.264 e. The molecule has 0 saturated heterocycles. The summed E-state index contributed by atoms with van der Waals surface area (Å²) in [4.78, 5) is 10.4. The molecule has 2 aromatic heterocycles. The van der Waals surface area contributed by atoms with E-state index in [-0.39, 0.29) is 0 Å². The minimum atomic E-state index is 0.747. The van der Waals surface area contributed by atoms with Gasteiger partial charge in [-0.2, -0.15) is 0 Å². The maximum absolute atomic E-state index is 4.79. The van der Waals surface area contributed by atoms with Gasteiger partial charge in [-0.25, -0.2) is 4.98 Å². The Morgan fingerprint density at radius 1 is 1.44 bits per heavy atom. The summed E-state index contributed by atoms with van der Waals surface area (Å²) in [7, 11) is 0. The summed E-state index contributed by atoms with van der Waals surface area (Å²) in [5, 5.41) is 1.13. The first-order chi connectivity index (χ1) is 7.88. The van der Waals surface area contributed by atoms with Crippen LogP contribution in [0.15, 0.2) is 24.5 Å². The normalized spacial score (nSPS) is 15.3. The van der Waals surface area contributed by atoms with Crippen molar-refractivity contribution in [3.63, 3.8) is 0 Å². The molecular weight excluding hydrogens is 216 g/mol. The molecule has 0 radical (unpaired) electrons. The largest absolute Gasteiger partial charge is 0.264 e. The Morgan fingerprint density at radius 3 is 2.94 bits per heavy atom. The molecule has 2 heterocycles. The van der Waals surface area contributed by atoms with Gasteiger partial charge in [0, 0.05) is 28.8 Å². The SMILES string of the molecule is CCc1sc(-c2cccnc2)nc1C1CC1. The summed E-state index contributed by atoms with van der Waals surface area (Å²) in [6.45, 7) is 2.21. The van der Waals surface area contributed by atoms with Crippen LogP contribution in [0.25, 0.3) is 10.6 Å². The van der Waals surface area contributed by atoms with Crippen molar-refractivity contribution in [2.24, 2.45) is 0 Å². The number of thiazole rings is 1. The summed E-state index contributed by atoms with van der Waals surface area (Å²) in [5.41, 5.74) is 2.50. The molecule has 0 unspecified atom stereocenters. The highest BCUT2D eigenvalue weighted by Crippen LogP contribution is 2.44. The van der Waals surface area contributed by atoms with E-state index in [4.69, 9.17) is 4.98 Å². The first-order valence-electron chi connectivity index (χ1n) is 5.78. The predicted octanol–water partition coefficient (Wildman–Crippen LogP) is 3.64. The quantitative estimate of drug-likeness (QED) is 0.804. The topological polar surface area (TPSA) is 25.8 Å². The van der Waals surface area contributed by atoms with Gasteiger partial charge in [0.2, 0.25) is 0 Å². The Kier molecular flexibility index (Phi) is 2.48. The number of pyridine rings is 1. The number of hydrogen-bond acceptors (Lipinski definition) is 3. The van der Waals surface area contributed by atoms with E-state index < -0.39 is 0 Å². The summed E-state index contributed by atoms with van der Waals surface area (Å²) < 4.78 is 0. The van der Waals surface area contributed by atoms with Gasteiger partial charge in [0.05, 0.1) is 5.69 Å². The molecule has 2 nitrogen and oxygen atoms in total. The van der Waals surface area contributed by atoms with Crippen molar-refractivity contribution in [1.29, 1.82) is 0 Å². The number of aryl methyl sites for hydroxylation is 1. The number of rotatable bonds is 3. The molecule has 0 N–H and O–H groups in total. The lowest BCUT2D eigenvalue weighted by atomic mass is 10.2. The fourth-order valence-electron chi connectivity index (χ4n) is 1.91. The molecule has 0 amide bonds. The lowest BCUT2D eigenvalue weighted by Crippen LogP contribution is -1.85. The molecule has 3 rings (SSSR count). The standard InChI is InChI=1S/C13H14N2S/c1-2-11-12(9-5-6-9)15-13(16-11)10-4-3-7-14-8-10/h3-4,7-9H,2,5-6H2,1H3. The Labute approximate surface area is 99.4 Å². The fraction of sp³-hybridized carbons (Fsp3) is 0.385. The van der Waals surface area contributed by atoms with Crippen molar-refractivity contribution in [1.82, 2.24) is 9.97 Å². The Balaban J connectivity index is 2.02. The van der Waals surface area contributed by atoms with Gasteiger partial charge in [0.15, 0.2) is 0 Å². The smallest absolute Gasteiger partial charge is 0.125 e. The monoisotopic (exact) mass is 230 g/mol. The molecule has 0 aliphatic heterocycles. The highest BCUT2D eigenvalue weighted by molar-refractivity contribution is 7.15. The third-order valence-electron chi connectivity index (χ3n) is 2.92. The zero-order valence-corrected chi connectivity index (χ0v) is 10.1. The predicted molar refractivity (Wildman–Crippen MR) is 66.7 cm³/mol. The van der Waals surface area contributed by atoms with Gasteiger partial charge in [-0.15, -0.1) is 11.3 Å². The summed E-state index contributed by atoms with van der Waals surface area (Å²) >= 11 is 1.83.